The summed E-state index contributed by atoms with van der Waals surface area (Å²) in [6.45, 7) is 2.10. The monoisotopic (exact) mass is 154 g/mol. The number of hydrogen-bond donors (Lipinski definition) is 1. The lowest BCUT2D eigenvalue weighted by atomic mass is 10.2. The van der Waals surface area contributed by atoms with E-state index in [0.29, 0.717) is 12.7 Å². The van der Waals surface area contributed by atoms with Crippen molar-refractivity contribution in [1.29, 1.82) is 0 Å². The van der Waals surface area contributed by atoms with Crippen LogP contribution >= 0.6 is 0 Å². The summed E-state index contributed by atoms with van der Waals surface area (Å²) >= 11 is 0. The first-order valence-electron chi connectivity index (χ1n) is 3.89. The molecule has 2 nitrogen and oxygen atoms in total. The topological polar surface area (TPSA) is 37.3 Å². The maximum absolute atomic E-state index is 9.80. The van der Waals surface area contributed by atoms with Crippen LogP contribution in [0.5, 0.6) is 0 Å². The van der Waals surface area contributed by atoms with E-state index in [-0.39, 0.29) is 5.76 Å². The summed E-state index contributed by atoms with van der Waals surface area (Å²) in [6.07, 6.45) is 5.61. The highest BCUT2D eigenvalue weighted by Crippen LogP contribution is 2.03. The van der Waals surface area contributed by atoms with Crippen molar-refractivity contribution in [3.05, 3.63) is 17.6 Å². The summed E-state index contributed by atoms with van der Waals surface area (Å²) in [5, 5.41) is 9.02. The smallest absolute Gasteiger partial charge is 0.150 e. The van der Waals surface area contributed by atoms with Gasteiger partial charge in [-0.2, -0.15) is 0 Å². The van der Waals surface area contributed by atoms with Gasteiger partial charge in [0.1, 0.15) is 5.76 Å². The first-order valence-corrected chi connectivity index (χ1v) is 3.89. The van der Waals surface area contributed by atoms with Crippen molar-refractivity contribution in [2.24, 2.45) is 0 Å². The summed E-state index contributed by atoms with van der Waals surface area (Å²) < 4.78 is 0. The Kier molecular flexibility index (Phi) is 6.45. The molecule has 0 unspecified atom stereocenters. The molecule has 0 atom stereocenters. The Bertz CT molecular complexity index is 164. The van der Waals surface area contributed by atoms with E-state index in [4.69, 9.17) is 5.11 Å². The molecule has 0 fully saturated rings. The third-order valence-electron chi connectivity index (χ3n) is 1.34. The van der Waals surface area contributed by atoms with Crippen LogP contribution < -0.4 is 0 Å². The third kappa shape index (κ3) is 6.88. The molecular weight excluding hydrogens is 140 g/mol. The van der Waals surface area contributed by atoms with Crippen LogP contribution in [-0.2, 0) is 4.79 Å². The number of carbonyl (C=O) groups is 1. The second-order valence-electron chi connectivity index (χ2n) is 2.35. The van der Waals surface area contributed by atoms with Crippen LogP contribution in [0.3, 0.4) is 0 Å². The number of allylic oxidation sites excluding steroid dienone is 1. The van der Waals surface area contributed by atoms with Gasteiger partial charge in [0.05, 0.1) is 0 Å². The molecule has 62 valence electrons. The minimum absolute atomic E-state index is 0.172. The zero-order valence-corrected chi connectivity index (χ0v) is 6.84. The molecule has 0 saturated carbocycles. The van der Waals surface area contributed by atoms with Crippen molar-refractivity contribution in [2.45, 2.75) is 32.6 Å². The molecule has 11 heavy (non-hydrogen) atoms. The van der Waals surface area contributed by atoms with Crippen molar-refractivity contribution in [1.82, 2.24) is 0 Å². The molecule has 2 heteroatoms. The Labute approximate surface area is 67.2 Å². The molecule has 0 aromatic heterocycles. The number of aliphatic hydroxyl groups is 1. The Morgan fingerprint density at radius 1 is 1.55 bits per heavy atom. The predicted octanol–water partition coefficient (Wildman–Crippen LogP) is 2.36. The minimum Gasteiger partial charge on any atom is -0.505 e. The lowest BCUT2D eigenvalue weighted by Gasteiger charge is -1.94. The van der Waals surface area contributed by atoms with E-state index in [9.17, 15) is 4.79 Å². The summed E-state index contributed by atoms with van der Waals surface area (Å²) in [4.78, 5) is 9.80. The van der Waals surface area contributed by atoms with Gasteiger partial charge in [0.2, 0.25) is 0 Å². The fourth-order valence-corrected chi connectivity index (χ4v) is 0.745. The number of aliphatic hydroxyl groups excluding tert-OH is 1. The second-order valence-corrected chi connectivity index (χ2v) is 2.35. The average molecular weight is 154 g/mol. The SMILES string of the molecule is CCCCCC(O)=C=CC=O. The molecule has 0 aromatic rings. The number of unbranched alkanes of at least 4 members (excludes halogenated alkanes) is 2. The minimum atomic E-state index is 0.172. The predicted molar refractivity (Wildman–Crippen MR) is 44.4 cm³/mol. The summed E-state index contributed by atoms with van der Waals surface area (Å²) in [5.74, 6) is 0.172. The fourth-order valence-electron chi connectivity index (χ4n) is 0.745. The van der Waals surface area contributed by atoms with E-state index in [2.05, 4.69) is 12.7 Å². The van der Waals surface area contributed by atoms with Gasteiger partial charge in [-0.25, -0.2) is 0 Å². The van der Waals surface area contributed by atoms with Gasteiger partial charge < -0.3 is 5.11 Å². The first kappa shape index (κ1) is 9.99. The van der Waals surface area contributed by atoms with Crippen LogP contribution in [0.1, 0.15) is 32.6 Å². The Balaban J connectivity index is 3.59. The van der Waals surface area contributed by atoms with Crippen molar-refractivity contribution < 1.29 is 9.90 Å². The van der Waals surface area contributed by atoms with Crippen molar-refractivity contribution in [3.8, 4) is 0 Å². The Hall–Kier alpha value is -1.01. The summed E-state index contributed by atoms with van der Waals surface area (Å²) in [5.41, 5.74) is 2.47. The lowest BCUT2D eigenvalue weighted by molar-refractivity contribution is -0.104. The molecule has 0 saturated heterocycles. The molecule has 0 rings (SSSR count). The van der Waals surface area contributed by atoms with Crippen molar-refractivity contribution >= 4 is 6.29 Å². The maximum atomic E-state index is 9.80. The van der Waals surface area contributed by atoms with E-state index in [0.717, 1.165) is 19.3 Å². The first-order chi connectivity index (χ1) is 5.31. The second kappa shape index (κ2) is 7.10. The normalized spacial score (nSPS) is 8.45. The summed E-state index contributed by atoms with van der Waals surface area (Å²) in [7, 11) is 0. The van der Waals surface area contributed by atoms with Crippen LogP contribution in [0.25, 0.3) is 0 Å². The Morgan fingerprint density at radius 2 is 2.27 bits per heavy atom. The van der Waals surface area contributed by atoms with Crippen LogP contribution in [0.15, 0.2) is 17.6 Å². The van der Waals surface area contributed by atoms with Crippen molar-refractivity contribution in [2.75, 3.05) is 0 Å². The largest absolute Gasteiger partial charge is 0.505 e. The molecule has 0 bridgehead atoms. The Morgan fingerprint density at radius 3 is 2.82 bits per heavy atom. The quantitative estimate of drug-likeness (QED) is 0.217. The third-order valence-corrected chi connectivity index (χ3v) is 1.34. The molecule has 0 aliphatic rings. The van der Waals surface area contributed by atoms with Crippen LogP contribution in [-0.4, -0.2) is 11.4 Å². The fraction of sp³-hybridized carbons (Fsp3) is 0.556. The zero-order valence-electron chi connectivity index (χ0n) is 6.84. The highest BCUT2D eigenvalue weighted by Gasteiger charge is 1.89. The molecule has 0 amide bonds. The average Bonchev–Trinajstić information content (AvgIpc) is 2.01. The van der Waals surface area contributed by atoms with Gasteiger partial charge >= 0.3 is 0 Å². The van der Waals surface area contributed by atoms with E-state index < -0.39 is 0 Å². The van der Waals surface area contributed by atoms with Crippen LogP contribution in [0.4, 0.5) is 0 Å². The molecule has 0 aromatic carbocycles. The van der Waals surface area contributed by atoms with Gasteiger partial charge in [-0.3, -0.25) is 4.79 Å². The maximum Gasteiger partial charge on any atom is 0.150 e. The van der Waals surface area contributed by atoms with Crippen LogP contribution in [0.2, 0.25) is 0 Å². The number of carbonyl (C=O) groups excluding carboxylic acids is 1. The van der Waals surface area contributed by atoms with Crippen LogP contribution in [0, 0.1) is 0 Å². The number of rotatable bonds is 5. The van der Waals surface area contributed by atoms with Gasteiger partial charge in [0.15, 0.2) is 6.29 Å². The highest BCUT2D eigenvalue weighted by atomic mass is 16.3. The lowest BCUT2D eigenvalue weighted by Crippen LogP contribution is -1.79. The van der Waals surface area contributed by atoms with Gasteiger partial charge in [0, 0.05) is 12.5 Å². The summed E-state index contributed by atoms with van der Waals surface area (Å²) in [6, 6.07) is 0. The molecule has 0 aliphatic carbocycles. The molecule has 0 aliphatic heterocycles. The van der Waals surface area contributed by atoms with Gasteiger partial charge in [-0.1, -0.05) is 25.5 Å². The van der Waals surface area contributed by atoms with Gasteiger partial charge in [0.25, 0.3) is 0 Å². The number of hydrogen-bond acceptors (Lipinski definition) is 2. The van der Waals surface area contributed by atoms with Gasteiger partial charge in [-0.15, -0.1) is 0 Å². The van der Waals surface area contributed by atoms with E-state index in [1.807, 2.05) is 0 Å². The van der Waals surface area contributed by atoms with E-state index in [1.165, 1.54) is 6.08 Å². The number of aldehydes is 1. The molecule has 0 radical (unpaired) electrons. The molecule has 0 spiro atoms. The van der Waals surface area contributed by atoms with E-state index in [1.54, 1.807) is 0 Å². The highest BCUT2D eigenvalue weighted by molar-refractivity contribution is 5.64. The zero-order chi connectivity index (χ0) is 8.53. The van der Waals surface area contributed by atoms with Crippen molar-refractivity contribution in [3.63, 3.8) is 0 Å². The van der Waals surface area contributed by atoms with E-state index >= 15 is 0 Å². The molecule has 0 heterocycles. The molecule has 1 N–H and O–H groups in total. The molecular formula is C9H14O2. The standard InChI is InChI=1S/C9H14O2/c1-2-3-4-6-9(11)7-5-8-10/h5,8,11H,2-4,6H2,1H3. The van der Waals surface area contributed by atoms with Gasteiger partial charge in [-0.05, 0) is 6.42 Å².